The molecule has 0 unspecified atom stereocenters. The SMILES string of the molecule is O.O.O.O.O.O.O=S.[H-].[H-].[Mg+2]. The van der Waals surface area contributed by atoms with Gasteiger partial charge in [0.05, 0.1) is 0 Å². The van der Waals surface area contributed by atoms with Crippen LogP contribution in [0.15, 0.2) is 0 Å². The van der Waals surface area contributed by atoms with Gasteiger partial charge in [0.2, 0.25) is 0 Å². The minimum absolute atomic E-state index is 0. The van der Waals surface area contributed by atoms with Crippen molar-refractivity contribution in [3.8, 4) is 0 Å². The summed E-state index contributed by atoms with van der Waals surface area (Å²) in [5.74, 6) is 0. The largest absolute Gasteiger partial charge is 2.00 e. The van der Waals surface area contributed by atoms with Gasteiger partial charge in [-0.05, 0) is 0 Å². The Morgan fingerprint density at radius 1 is 0.667 bits per heavy atom. The maximum Gasteiger partial charge on any atom is 2.00 e. The van der Waals surface area contributed by atoms with Crippen LogP contribution in [-0.2, 0) is 12.5 Å². The fourth-order valence-corrected chi connectivity index (χ4v) is 0. The Labute approximate surface area is 75.9 Å². The van der Waals surface area contributed by atoms with Crippen molar-refractivity contribution in [1.82, 2.24) is 0 Å². The molecule has 0 spiro atoms. The summed E-state index contributed by atoms with van der Waals surface area (Å²) in [5, 5.41) is 0. The third-order valence-corrected chi connectivity index (χ3v) is 0. The topological polar surface area (TPSA) is 206 Å². The van der Waals surface area contributed by atoms with Crippen LogP contribution in [0.3, 0.4) is 0 Å². The van der Waals surface area contributed by atoms with E-state index in [1.54, 1.807) is 0 Å². The second-order valence-electron chi connectivity index (χ2n) is 0. The predicted molar refractivity (Wildman–Crippen MR) is 37.8 cm³/mol. The summed E-state index contributed by atoms with van der Waals surface area (Å²) in [7, 11) is 0. The molecule has 0 fully saturated rings. The monoisotopic (exact) mass is 182 g/mol. The van der Waals surface area contributed by atoms with Gasteiger partial charge in [-0.15, -0.1) is 0 Å². The summed E-state index contributed by atoms with van der Waals surface area (Å²) < 4.78 is 7.83. The Morgan fingerprint density at radius 3 is 0.667 bits per heavy atom. The molecule has 12 N–H and O–H groups in total. The van der Waals surface area contributed by atoms with E-state index in [9.17, 15) is 0 Å². The van der Waals surface area contributed by atoms with Crippen molar-refractivity contribution in [3.05, 3.63) is 0 Å². The van der Waals surface area contributed by atoms with Crippen molar-refractivity contribution < 1.29 is 39.9 Å². The van der Waals surface area contributed by atoms with E-state index < -0.39 is 0 Å². The summed E-state index contributed by atoms with van der Waals surface area (Å²) >= 11 is 2.83. The van der Waals surface area contributed by atoms with Gasteiger partial charge in [-0.1, -0.05) is 0 Å². The van der Waals surface area contributed by atoms with Crippen LogP contribution >= 0.6 is 0 Å². The molecule has 0 aromatic rings. The van der Waals surface area contributed by atoms with Crippen LogP contribution in [-0.4, -0.2) is 60.1 Å². The Morgan fingerprint density at radius 2 is 0.667 bits per heavy atom. The normalized spacial score (nSPS) is 0.444. The number of hydrogen-bond acceptors (Lipinski definition) is 2. The molecule has 0 aliphatic carbocycles. The fourth-order valence-electron chi connectivity index (χ4n) is 0. The van der Waals surface area contributed by atoms with Crippen LogP contribution in [0, 0.1) is 0 Å². The standard InChI is InChI=1S/Mg.OS.6H2O.2H/c;1-2;;;;;;;;/h;;6*1H2;;/q+2;;;;;;;;2*-1. The molecule has 0 aromatic carbocycles. The zero-order chi connectivity index (χ0) is 2.00. The summed E-state index contributed by atoms with van der Waals surface area (Å²) in [6, 6.07) is 0. The Balaban J connectivity index is -0.000000000139. The zero-order valence-electron chi connectivity index (χ0n) is 6.52. The zero-order valence-corrected chi connectivity index (χ0v) is 6.75. The minimum atomic E-state index is 0. The van der Waals surface area contributed by atoms with Crippen molar-refractivity contribution in [1.29, 1.82) is 0 Å². The van der Waals surface area contributed by atoms with E-state index in [1.807, 2.05) is 0 Å². The number of rotatable bonds is 0. The van der Waals surface area contributed by atoms with Crippen molar-refractivity contribution >= 4 is 35.6 Å². The Hall–Kier alpha value is 0.546. The Kier molecular flexibility index (Phi) is 52900. The van der Waals surface area contributed by atoms with Gasteiger partial charge in [0.1, 0.15) is 0 Å². The minimum Gasteiger partial charge on any atom is -1.00 e. The van der Waals surface area contributed by atoms with Crippen LogP contribution in [0.4, 0.5) is 0 Å². The first-order valence-corrected chi connectivity index (χ1v) is 0.500. The van der Waals surface area contributed by atoms with Crippen LogP contribution < -0.4 is 0 Å². The van der Waals surface area contributed by atoms with Crippen LogP contribution in [0.5, 0.6) is 0 Å². The quantitative estimate of drug-likeness (QED) is 0.336. The van der Waals surface area contributed by atoms with Gasteiger partial charge in [-0.25, -0.2) is 0 Å². The Bertz CT molecular complexity index is 16.4. The van der Waals surface area contributed by atoms with E-state index >= 15 is 0 Å². The van der Waals surface area contributed by atoms with Crippen molar-refractivity contribution in [2.45, 2.75) is 0 Å². The molecule has 0 rings (SSSR count). The molecule has 0 saturated carbocycles. The molecule has 0 aromatic heterocycles. The summed E-state index contributed by atoms with van der Waals surface area (Å²) in [5.41, 5.74) is 0. The van der Waals surface area contributed by atoms with Crippen LogP contribution in [0.1, 0.15) is 2.85 Å². The molecule has 64 valence electrons. The van der Waals surface area contributed by atoms with E-state index in [0.29, 0.717) is 0 Å². The molecule has 0 bridgehead atoms. The predicted octanol–water partition coefficient (Wildman–Crippen LogP) is -5.44. The second-order valence-corrected chi connectivity index (χ2v) is 0. The first-order chi connectivity index (χ1) is 1.00. The van der Waals surface area contributed by atoms with E-state index in [0.717, 1.165) is 0 Å². The van der Waals surface area contributed by atoms with Gasteiger partial charge in [-0.2, -0.15) is 4.21 Å². The smallest absolute Gasteiger partial charge is 1.00 e. The fraction of sp³-hybridized carbons (Fsp3) is 0. The van der Waals surface area contributed by atoms with Gasteiger partial charge in [-0.3, -0.25) is 0 Å². The van der Waals surface area contributed by atoms with Crippen molar-refractivity contribution in [3.63, 3.8) is 0 Å². The van der Waals surface area contributed by atoms with Crippen molar-refractivity contribution in [2.75, 3.05) is 0 Å². The molecule has 0 heterocycles. The summed E-state index contributed by atoms with van der Waals surface area (Å²) in [6.45, 7) is 0. The third-order valence-electron chi connectivity index (χ3n) is 0. The molecular formula is H14MgO7S. The van der Waals surface area contributed by atoms with Crippen molar-refractivity contribution in [2.24, 2.45) is 0 Å². The third kappa shape index (κ3) is 1230. The molecule has 9 heavy (non-hydrogen) atoms. The average molecular weight is 182 g/mol. The van der Waals surface area contributed by atoms with Gasteiger partial charge in [0, 0.05) is 0 Å². The maximum absolute atomic E-state index is 7.83. The first-order valence-electron chi connectivity index (χ1n) is 0.167. The second kappa shape index (κ2) is 1630. The number of hydrogen-bond donors (Lipinski definition) is 0. The molecule has 0 atom stereocenters. The molecule has 0 amide bonds. The van der Waals surface area contributed by atoms with Gasteiger partial charge in [0.25, 0.3) is 0 Å². The molecule has 0 radical (unpaired) electrons. The van der Waals surface area contributed by atoms with E-state index in [1.165, 1.54) is 0 Å². The first kappa shape index (κ1) is 292. The summed E-state index contributed by atoms with van der Waals surface area (Å²) in [4.78, 5) is 0. The van der Waals surface area contributed by atoms with Gasteiger partial charge < -0.3 is 35.7 Å². The van der Waals surface area contributed by atoms with Crippen LogP contribution in [0.25, 0.3) is 0 Å². The van der Waals surface area contributed by atoms with E-state index in [2.05, 4.69) is 12.5 Å². The molecular weight excluding hydrogens is 168 g/mol. The molecule has 7 nitrogen and oxygen atoms in total. The maximum atomic E-state index is 7.83. The van der Waals surface area contributed by atoms with E-state index in [4.69, 9.17) is 4.21 Å². The average Bonchev–Trinajstić information content (AvgIpc) is 1.00. The molecule has 0 aliphatic heterocycles. The summed E-state index contributed by atoms with van der Waals surface area (Å²) in [6.07, 6.45) is 0. The van der Waals surface area contributed by atoms with Crippen LogP contribution in [0.2, 0.25) is 0 Å². The molecule has 0 saturated heterocycles. The van der Waals surface area contributed by atoms with Gasteiger partial charge in [0.15, 0.2) is 12.5 Å². The molecule has 0 aliphatic rings. The molecule has 9 heteroatoms. The van der Waals surface area contributed by atoms with Gasteiger partial charge >= 0.3 is 23.1 Å². The van der Waals surface area contributed by atoms with E-state index in [-0.39, 0.29) is 58.8 Å².